The highest BCUT2D eigenvalue weighted by Gasteiger charge is 2.29. The molecule has 0 fully saturated rings. The van der Waals surface area contributed by atoms with Crippen LogP contribution in [-0.2, 0) is 0 Å². The summed E-state index contributed by atoms with van der Waals surface area (Å²) in [6.45, 7) is 1.66. The van der Waals surface area contributed by atoms with E-state index in [2.05, 4.69) is 4.98 Å². The highest BCUT2D eigenvalue weighted by atomic mass is 32.1. The predicted molar refractivity (Wildman–Crippen MR) is 36.3 cm³/mol. The molecule has 1 aromatic heterocycles. The molecule has 5 heteroatoms. The topological polar surface area (TPSA) is 12.9 Å². The number of aryl methyl sites for hydroxylation is 1. The van der Waals surface area contributed by atoms with Crippen LogP contribution in [0.25, 0.3) is 0 Å². The van der Waals surface area contributed by atoms with Gasteiger partial charge in [0.15, 0.2) is 0 Å². The average molecular weight is 180 g/mol. The molecule has 0 aliphatic heterocycles. The normalized spacial score (nSPS) is 12.0. The second kappa shape index (κ2) is 2.81. The minimum Gasteiger partial charge on any atom is -0.246 e. The second-order valence-corrected chi connectivity index (χ2v) is 2.90. The Labute approximate surface area is 65.9 Å². The molecule has 0 bridgehead atoms. The Balaban J connectivity index is 2.65. The van der Waals surface area contributed by atoms with E-state index in [9.17, 15) is 13.2 Å². The second-order valence-electron chi connectivity index (χ2n) is 2.01. The van der Waals surface area contributed by atoms with Gasteiger partial charge >= 0.3 is 6.18 Å². The van der Waals surface area contributed by atoms with Crippen LogP contribution >= 0.6 is 11.3 Å². The lowest BCUT2D eigenvalue weighted by Gasteiger charge is -2.00. The summed E-state index contributed by atoms with van der Waals surface area (Å²) in [6, 6.07) is 0. The van der Waals surface area contributed by atoms with Crippen LogP contribution in [0.2, 0.25) is 0 Å². The molecule has 0 N–H and O–H groups in total. The van der Waals surface area contributed by atoms with Gasteiger partial charge in [-0.25, -0.2) is 4.98 Å². The third kappa shape index (κ3) is 2.88. The molecule has 0 unspecified atom stereocenters. The van der Waals surface area contributed by atoms with Crippen LogP contribution in [0.1, 0.15) is 10.7 Å². The zero-order chi connectivity index (χ0) is 8.48. The molecular formula is C6H5F3NS. The lowest BCUT2D eigenvalue weighted by Crippen LogP contribution is -2.08. The van der Waals surface area contributed by atoms with Gasteiger partial charge in [0, 0.05) is 11.1 Å². The summed E-state index contributed by atoms with van der Waals surface area (Å²) in [6.07, 6.45) is -4.06. The van der Waals surface area contributed by atoms with Crippen molar-refractivity contribution in [3.05, 3.63) is 22.5 Å². The summed E-state index contributed by atoms with van der Waals surface area (Å²) < 4.78 is 35.0. The first-order valence-corrected chi connectivity index (χ1v) is 3.70. The van der Waals surface area contributed by atoms with Crippen LogP contribution in [0, 0.1) is 13.3 Å². The van der Waals surface area contributed by atoms with E-state index in [1.165, 1.54) is 0 Å². The fourth-order valence-electron chi connectivity index (χ4n) is 0.578. The van der Waals surface area contributed by atoms with Crippen molar-refractivity contribution in [1.82, 2.24) is 4.98 Å². The summed E-state index contributed by atoms with van der Waals surface area (Å²) in [4.78, 5) is 3.64. The molecule has 1 nitrogen and oxygen atoms in total. The number of aromatic nitrogens is 1. The average Bonchev–Trinajstić information content (AvgIpc) is 2.10. The van der Waals surface area contributed by atoms with Gasteiger partial charge in [-0.3, -0.25) is 0 Å². The Morgan fingerprint density at radius 1 is 1.55 bits per heavy atom. The predicted octanol–water partition coefficient (Wildman–Crippen LogP) is 2.57. The molecule has 0 spiro atoms. The van der Waals surface area contributed by atoms with Crippen molar-refractivity contribution in [2.45, 2.75) is 13.1 Å². The first-order chi connectivity index (χ1) is 4.97. The summed E-state index contributed by atoms with van der Waals surface area (Å²) in [7, 11) is 0. The summed E-state index contributed by atoms with van der Waals surface area (Å²) in [5.74, 6) is 0. The minimum atomic E-state index is -4.26. The van der Waals surface area contributed by atoms with Crippen LogP contribution in [0.3, 0.4) is 0 Å². The van der Waals surface area contributed by atoms with Gasteiger partial charge in [-0.1, -0.05) is 0 Å². The summed E-state index contributed by atoms with van der Waals surface area (Å²) in [5.41, 5.74) is 0.616. The fraction of sp³-hybridized carbons (Fsp3) is 0.333. The summed E-state index contributed by atoms with van der Waals surface area (Å²) in [5, 5.41) is 1.59. The zero-order valence-electron chi connectivity index (χ0n) is 5.64. The number of alkyl halides is 3. The summed E-state index contributed by atoms with van der Waals surface area (Å²) >= 11 is 0.990. The number of hydrogen-bond donors (Lipinski definition) is 0. The molecule has 0 amide bonds. The molecule has 0 aliphatic rings. The molecule has 0 aliphatic carbocycles. The van der Waals surface area contributed by atoms with Gasteiger partial charge in [0.2, 0.25) is 0 Å². The van der Waals surface area contributed by atoms with Crippen molar-refractivity contribution in [2.24, 2.45) is 0 Å². The zero-order valence-corrected chi connectivity index (χ0v) is 6.46. The van der Waals surface area contributed by atoms with E-state index in [4.69, 9.17) is 0 Å². The van der Waals surface area contributed by atoms with Crippen molar-refractivity contribution in [3.8, 4) is 0 Å². The number of halogens is 3. The van der Waals surface area contributed by atoms with Crippen LogP contribution in [-0.4, -0.2) is 11.2 Å². The smallest absolute Gasteiger partial charge is 0.246 e. The van der Waals surface area contributed by atoms with Crippen molar-refractivity contribution >= 4 is 11.3 Å². The van der Waals surface area contributed by atoms with E-state index in [0.29, 0.717) is 5.69 Å². The quantitative estimate of drug-likeness (QED) is 0.647. The van der Waals surface area contributed by atoms with Gasteiger partial charge in [0.25, 0.3) is 0 Å². The maximum Gasteiger partial charge on any atom is 0.399 e. The highest BCUT2D eigenvalue weighted by molar-refractivity contribution is 7.09. The van der Waals surface area contributed by atoms with E-state index in [1.807, 2.05) is 0 Å². The maximum atomic E-state index is 11.7. The first-order valence-electron chi connectivity index (χ1n) is 2.82. The van der Waals surface area contributed by atoms with Gasteiger partial charge in [-0.05, 0) is 6.92 Å². The van der Waals surface area contributed by atoms with Crippen LogP contribution < -0.4 is 0 Å². The molecule has 11 heavy (non-hydrogen) atoms. The van der Waals surface area contributed by atoms with Gasteiger partial charge < -0.3 is 0 Å². The Kier molecular flexibility index (Phi) is 2.17. The molecule has 0 saturated carbocycles. The monoisotopic (exact) mass is 180 g/mol. The molecule has 0 atom stereocenters. The lowest BCUT2D eigenvalue weighted by atomic mass is 10.4. The lowest BCUT2D eigenvalue weighted by molar-refractivity contribution is -0.0927. The Bertz CT molecular complexity index is 240. The van der Waals surface area contributed by atoms with Crippen molar-refractivity contribution < 1.29 is 13.2 Å². The van der Waals surface area contributed by atoms with Crippen molar-refractivity contribution in [1.29, 1.82) is 0 Å². The van der Waals surface area contributed by atoms with E-state index in [0.717, 1.165) is 11.3 Å². The van der Waals surface area contributed by atoms with E-state index in [1.54, 1.807) is 12.3 Å². The van der Waals surface area contributed by atoms with Crippen LogP contribution in [0.15, 0.2) is 5.38 Å². The van der Waals surface area contributed by atoms with E-state index in [-0.39, 0.29) is 11.4 Å². The molecule has 0 saturated heterocycles. The van der Waals surface area contributed by atoms with Crippen molar-refractivity contribution in [2.75, 3.05) is 0 Å². The van der Waals surface area contributed by atoms with E-state index < -0.39 is 6.18 Å². The molecule has 61 valence electrons. The fourth-order valence-corrected chi connectivity index (χ4v) is 1.32. The van der Waals surface area contributed by atoms with Crippen molar-refractivity contribution in [3.63, 3.8) is 0 Å². The SMILES string of the molecule is Cc1csc([CH]C(F)(F)F)n1. The maximum absolute atomic E-state index is 11.7. The molecule has 1 rings (SSSR count). The van der Waals surface area contributed by atoms with Gasteiger partial charge in [-0.15, -0.1) is 11.3 Å². The minimum absolute atomic E-state index is 0.00926. The molecule has 1 radical (unpaired) electrons. The Morgan fingerprint density at radius 2 is 2.18 bits per heavy atom. The first kappa shape index (κ1) is 8.52. The molecule has 0 aromatic carbocycles. The highest BCUT2D eigenvalue weighted by Crippen LogP contribution is 2.25. The standard InChI is InChI=1S/C6H5F3NS/c1-4-3-11-5(10-4)2-6(7,8)9/h2-3H,1H3. The third-order valence-corrected chi connectivity index (χ3v) is 1.83. The van der Waals surface area contributed by atoms with Crippen LogP contribution in [0.4, 0.5) is 13.2 Å². The van der Waals surface area contributed by atoms with Gasteiger partial charge in [-0.2, -0.15) is 13.2 Å². The largest absolute Gasteiger partial charge is 0.399 e. The van der Waals surface area contributed by atoms with Gasteiger partial charge in [0.1, 0.15) is 11.4 Å². The number of nitrogens with zero attached hydrogens (tertiary/aromatic N) is 1. The van der Waals surface area contributed by atoms with E-state index >= 15 is 0 Å². The van der Waals surface area contributed by atoms with Gasteiger partial charge in [0.05, 0.1) is 0 Å². The Morgan fingerprint density at radius 3 is 2.55 bits per heavy atom. The number of hydrogen-bond acceptors (Lipinski definition) is 2. The number of rotatable bonds is 1. The van der Waals surface area contributed by atoms with Crippen LogP contribution in [0.5, 0.6) is 0 Å². The molecule has 1 heterocycles. The molecule has 1 aromatic rings. The Hall–Kier alpha value is -0.580. The third-order valence-electron chi connectivity index (χ3n) is 0.924. The molecular weight excluding hydrogens is 175 g/mol. The number of thiazole rings is 1.